The summed E-state index contributed by atoms with van der Waals surface area (Å²) in [5, 5.41) is 2.66. The van der Waals surface area contributed by atoms with Crippen molar-refractivity contribution in [1.82, 2.24) is 4.57 Å². The number of hydrogen-bond donors (Lipinski definition) is 0. The molecule has 0 saturated heterocycles. The highest BCUT2D eigenvalue weighted by Gasteiger charge is 2.28. The molecule has 0 radical (unpaired) electrons. The number of esters is 2. The standard InChI is InChI=1S/C24H27NO4/c1-4-28-24(27)22-15(2)25(17-10-6-5-7-11-17)23-19-13-9-8-12-18(19)21(14-20(22)23)29-16(3)26/h8-9,12-14,17H,4-7,10-11H2,1-3H3. The highest BCUT2D eigenvalue weighted by molar-refractivity contribution is 6.16. The third-order valence-electron chi connectivity index (χ3n) is 5.88. The Morgan fingerprint density at radius 3 is 2.41 bits per heavy atom. The van der Waals surface area contributed by atoms with Gasteiger partial charge in [-0.1, -0.05) is 43.5 Å². The predicted octanol–water partition coefficient (Wildman–Crippen LogP) is 5.71. The van der Waals surface area contributed by atoms with Crippen LogP contribution in [-0.2, 0) is 9.53 Å². The highest BCUT2D eigenvalue weighted by Crippen LogP contribution is 2.42. The summed E-state index contributed by atoms with van der Waals surface area (Å²) in [4.78, 5) is 24.6. The molecule has 4 rings (SSSR count). The van der Waals surface area contributed by atoms with E-state index in [1.165, 1.54) is 26.2 Å². The third-order valence-corrected chi connectivity index (χ3v) is 5.88. The van der Waals surface area contributed by atoms with Crippen LogP contribution in [0.3, 0.4) is 0 Å². The number of hydrogen-bond acceptors (Lipinski definition) is 4. The topological polar surface area (TPSA) is 57.5 Å². The fourth-order valence-corrected chi connectivity index (χ4v) is 4.76. The van der Waals surface area contributed by atoms with Crippen molar-refractivity contribution in [2.45, 2.75) is 58.9 Å². The van der Waals surface area contributed by atoms with E-state index in [4.69, 9.17) is 9.47 Å². The lowest BCUT2D eigenvalue weighted by Crippen LogP contribution is -2.15. The molecule has 0 unspecified atom stereocenters. The summed E-state index contributed by atoms with van der Waals surface area (Å²) in [7, 11) is 0. The van der Waals surface area contributed by atoms with E-state index in [-0.39, 0.29) is 11.9 Å². The molecule has 1 aliphatic carbocycles. The molecule has 2 aromatic carbocycles. The first kappa shape index (κ1) is 19.5. The molecule has 152 valence electrons. The quantitative estimate of drug-likeness (QED) is 0.421. The van der Waals surface area contributed by atoms with Gasteiger partial charge in [0.25, 0.3) is 0 Å². The van der Waals surface area contributed by atoms with Crippen molar-refractivity contribution < 1.29 is 19.1 Å². The molecule has 1 saturated carbocycles. The van der Waals surface area contributed by atoms with E-state index in [1.807, 2.05) is 44.2 Å². The number of nitrogens with zero attached hydrogens (tertiary/aromatic N) is 1. The summed E-state index contributed by atoms with van der Waals surface area (Å²) in [6.45, 7) is 5.52. The van der Waals surface area contributed by atoms with Crippen molar-refractivity contribution in [2.75, 3.05) is 6.61 Å². The lowest BCUT2D eigenvalue weighted by Gasteiger charge is -2.26. The van der Waals surface area contributed by atoms with Crippen molar-refractivity contribution in [2.24, 2.45) is 0 Å². The van der Waals surface area contributed by atoms with E-state index in [0.717, 1.165) is 40.2 Å². The lowest BCUT2D eigenvalue weighted by molar-refractivity contribution is -0.131. The Labute approximate surface area is 170 Å². The number of rotatable bonds is 4. The second-order valence-corrected chi connectivity index (χ2v) is 7.75. The molecule has 5 nitrogen and oxygen atoms in total. The highest BCUT2D eigenvalue weighted by atomic mass is 16.5. The van der Waals surface area contributed by atoms with E-state index in [9.17, 15) is 9.59 Å². The van der Waals surface area contributed by atoms with Crippen molar-refractivity contribution in [3.8, 4) is 5.75 Å². The fourth-order valence-electron chi connectivity index (χ4n) is 4.76. The number of ether oxygens (including phenoxy) is 2. The average Bonchev–Trinajstić information content (AvgIpc) is 3.00. The summed E-state index contributed by atoms with van der Waals surface area (Å²) in [6.07, 6.45) is 5.86. The molecule has 0 bridgehead atoms. The zero-order valence-corrected chi connectivity index (χ0v) is 17.3. The maximum absolute atomic E-state index is 12.9. The van der Waals surface area contributed by atoms with Gasteiger partial charge in [-0.05, 0) is 32.8 Å². The first-order chi connectivity index (χ1) is 14.0. The second-order valence-electron chi connectivity index (χ2n) is 7.75. The Morgan fingerprint density at radius 1 is 1.07 bits per heavy atom. The zero-order chi connectivity index (χ0) is 20.5. The third kappa shape index (κ3) is 3.39. The summed E-state index contributed by atoms with van der Waals surface area (Å²) in [6, 6.07) is 10.1. The van der Waals surface area contributed by atoms with Crippen LogP contribution in [-0.4, -0.2) is 23.1 Å². The van der Waals surface area contributed by atoms with Gasteiger partial charge >= 0.3 is 11.9 Å². The van der Waals surface area contributed by atoms with Crippen molar-refractivity contribution in [1.29, 1.82) is 0 Å². The molecular formula is C24H27NO4. The van der Waals surface area contributed by atoms with Crippen LogP contribution < -0.4 is 4.74 Å². The molecule has 0 N–H and O–H groups in total. The van der Waals surface area contributed by atoms with E-state index in [0.29, 0.717) is 24.0 Å². The first-order valence-electron chi connectivity index (χ1n) is 10.4. The second kappa shape index (κ2) is 7.90. The molecule has 3 aromatic rings. The Kier molecular flexibility index (Phi) is 5.31. The van der Waals surface area contributed by atoms with Gasteiger partial charge in [0.05, 0.1) is 17.7 Å². The molecule has 29 heavy (non-hydrogen) atoms. The monoisotopic (exact) mass is 393 g/mol. The molecule has 1 aromatic heterocycles. The van der Waals surface area contributed by atoms with Crippen LogP contribution in [0.15, 0.2) is 30.3 Å². The molecule has 1 aliphatic rings. The van der Waals surface area contributed by atoms with Gasteiger partial charge in [0.1, 0.15) is 5.75 Å². The normalized spacial score (nSPS) is 15.0. The van der Waals surface area contributed by atoms with Crippen LogP contribution >= 0.6 is 0 Å². The summed E-state index contributed by atoms with van der Waals surface area (Å²) < 4.78 is 13.2. The van der Waals surface area contributed by atoms with Crippen LogP contribution in [0.25, 0.3) is 21.7 Å². The molecule has 0 spiro atoms. The Morgan fingerprint density at radius 2 is 1.76 bits per heavy atom. The molecule has 0 atom stereocenters. The Balaban J connectivity index is 2.09. The maximum Gasteiger partial charge on any atom is 0.340 e. The zero-order valence-electron chi connectivity index (χ0n) is 17.3. The summed E-state index contributed by atoms with van der Waals surface area (Å²) in [5.41, 5.74) is 2.53. The van der Waals surface area contributed by atoms with Gasteiger partial charge in [-0.3, -0.25) is 4.79 Å². The van der Waals surface area contributed by atoms with Gasteiger partial charge in [0.2, 0.25) is 0 Å². The minimum absolute atomic E-state index is 0.318. The molecular weight excluding hydrogens is 366 g/mol. The lowest BCUT2D eigenvalue weighted by atomic mass is 9.94. The van der Waals surface area contributed by atoms with Gasteiger partial charge in [0, 0.05) is 34.8 Å². The van der Waals surface area contributed by atoms with E-state index in [2.05, 4.69) is 4.57 Å². The molecule has 1 heterocycles. The number of carbonyl (C=O) groups excluding carboxylic acids is 2. The van der Waals surface area contributed by atoms with Gasteiger partial charge in [-0.25, -0.2) is 4.79 Å². The summed E-state index contributed by atoms with van der Waals surface area (Å²) >= 11 is 0. The predicted molar refractivity (Wildman–Crippen MR) is 114 cm³/mol. The van der Waals surface area contributed by atoms with Gasteiger partial charge in [-0.15, -0.1) is 0 Å². The number of benzene rings is 2. The van der Waals surface area contributed by atoms with Gasteiger partial charge < -0.3 is 14.0 Å². The number of fused-ring (bicyclic) bond motifs is 3. The van der Waals surface area contributed by atoms with Gasteiger partial charge in [-0.2, -0.15) is 0 Å². The fraction of sp³-hybridized carbons (Fsp3) is 0.417. The first-order valence-corrected chi connectivity index (χ1v) is 10.4. The summed E-state index contributed by atoms with van der Waals surface area (Å²) in [5.74, 6) is -0.226. The number of aromatic nitrogens is 1. The van der Waals surface area contributed by atoms with Crippen molar-refractivity contribution in [3.05, 3.63) is 41.6 Å². The molecule has 0 amide bonds. The van der Waals surface area contributed by atoms with E-state index < -0.39 is 0 Å². The Bertz CT molecular complexity index is 1090. The van der Waals surface area contributed by atoms with Crippen LogP contribution in [0.4, 0.5) is 0 Å². The van der Waals surface area contributed by atoms with Crippen LogP contribution in [0.2, 0.25) is 0 Å². The van der Waals surface area contributed by atoms with E-state index in [1.54, 1.807) is 0 Å². The van der Waals surface area contributed by atoms with Crippen LogP contribution in [0.5, 0.6) is 5.75 Å². The minimum Gasteiger partial charge on any atom is -0.462 e. The number of carbonyl (C=O) groups is 2. The van der Waals surface area contributed by atoms with Gasteiger partial charge in [0.15, 0.2) is 0 Å². The minimum atomic E-state index is -0.379. The van der Waals surface area contributed by atoms with Crippen molar-refractivity contribution in [3.63, 3.8) is 0 Å². The molecule has 5 heteroatoms. The van der Waals surface area contributed by atoms with Crippen LogP contribution in [0.1, 0.15) is 68.0 Å². The molecule has 1 fully saturated rings. The van der Waals surface area contributed by atoms with E-state index >= 15 is 0 Å². The smallest absolute Gasteiger partial charge is 0.340 e. The van der Waals surface area contributed by atoms with Crippen LogP contribution in [0, 0.1) is 6.92 Å². The largest absolute Gasteiger partial charge is 0.462 e. The maximum atomic E-state index is 12.9. The van der Waals surface area contributed by atoms with Crippen molar-refractivity contribution >= 4 is 33.6 Å². The Hall–Kier alpha value is -2.82. The molecule has 0 aliphatic heterocycles. The SMILES string of the molecule is CCOC(=O)c1c(C)n(C2CCCCC2)c2c1cc(OC(C)=O)c1ccccc12. The average molecular weight is 393 g/mol.